The van der Waals surface area contributed by atoms with Gasteiger partial charge in [0.05, 0.1) is 5.56 Å². The van der Waals surface area contributed by atoms with Gasteiger partial charge >= 0.3 is 11.9 Å². The van der Waals surface area contributed by atoms with Crippen LogP contribution in [0.15, 0.2) is 36.4 Å². The van der Waals surface area contributed by atoms with Crippen LogP contribution in [0.25, 0.3) is 0 Å². The van der Waals surface area contributed by atoms with Crippen molar-refractivity contribution in [2.24, 2.45) is 0 Å². The lowest BCUT2D eigenvalue weighted by Crippen LogP contribution is -2.18. The Labute approximate surface area is 133 Å². The first-order valence-corrected chi connectivity index (χ1v) is 6.45. The molecule has 0 bridgehead atoms. The molecule has 122 valence electrons. The molecule has 0 radical (unpaired) electrons. The number of ether oxygens (including phenoxy) is 2. The summed E-state index contributed by atoms with van der Waals surface area (Å²) in [5, 5.41) is 8.58. The molecule has 2 rings (SSSR count). The molecule has 0 saturated heterocycles. The summed E-state index contributed by atoms with van der Waals surface area (Å²) in [5.74, 6) is -5.81. The summed E-state index contributed by atoms with van der Waals surface area (Å²) >= 11 is 0. The van der Waals surface area contributed by atoms with Gasteiger partial charge in [0.25, 0.3) is 0 Å². The SMILES string of the molecule is N#Cc1ccc(OC(=O)CC(=O)Oc2ccc(F)c(F)c2)cc1F. The highest BCUT2D eigenvalue weighted by atomic mass is 19.2. The van der Waals surface area contributed by atoms with Gasteiger partial charge in [-0.15, -0.1) is 0 Å². The molecule has 0 aliphatic rings. The van der Waals surface area contributed by atoms with Crippen LogP contribution < -0.4 is 9.47 Å². The van der Waals surface area contributed by atoms with Crippen LogP contribution >= 0.6 is 0 Å². The van der Waals surface area contributed by atoms with E-state index in [1.54, 1.807) is 6.07 Å². The third-order valence-electron chi connectivity index (χ3n) is 2.70. The van der Waals surface area contributed by atoms with Crippen LogP contribution in [0.4, 0.5) is 13.2 Å². The number of esters is 2. The molecule has 24 heavy (non-hydrogen) atoms. The zero-order valence-corrected chi connectivity index (χ0v) is 11.9. The Morgan fingerprint density at radius 2 is 1.42 bits per heavy atom. The van der Waals surface area contributed by atoms with Crippen molar-refractivity contribution < 1.29 is 32.2 Å². The van der Waals surface area contributed by atoms with E-state index >= 15 is 0 Å². The maximum Gasteiger partial charge on any atom is 0.322 e. The van der Waals surface area contributed by atoms with Crippen molar-refractivity contribution in [1.82, 2.24) is 0 Å². The van der Waals surface area contributed by atoms with Crippen molar-refractivity contribution >= 4 is 11.9 Å². The van der Waals surface area contributed by atoms with Gasteiger partial charge in [0.2, 0.25) is 0 Å². The number of nitriles is 1. The van der Waals surface area contributed by atoms with Crippen molar-refractivity contribution in [2.45, 2.75) is 6.42 Å². The van der Waals surface area contributed by atoms with E-state index in [4.69, 9.17) is 10.00 Å². The average Bonchev–Trinajstić information content (AvgIpc) is 2.51. The summed E-state index contributed by atoms with van der Waals surface area (Å²) < 4.78 is 48.4. The van der Waals surface area contributed by atoms with Crippen LogP contribution in [0.5, 0.6) is 11.5 Å². The van der Waals surface area contributed by atoms with Gasteiger partial charge in [-0.2, -0.15) is 5.26 Å². The third-order valence-corrected chi connectivity index (χ3v) is 2.70. The molecular weight excluding hydrogens is 327 g/mol. The van der Waals surface area contributed by atoms with E-state index in [2.05, 4.69) is 4.74 Å². The second-order valence-corrected chi connectivity index (χ2v) is 4.45. The van der Waals surface area contributed by atoms with Gasteiger partial charge in [-0.1, -0.05) is 0 Å². The van der Waals surface area contributed by atoms with E-state index < -0.39 is 35.8 Å². The first-order valence-electron chi connectivity index (χ1n) is 6.45. The van der Waals surface area contributed by atoms with Crippen molar-refractivity contribution in [3.05, 3.63) is 59.4 Å². The number of carbonyl (C=O) groups is 2. The summed E-state index contributed by atoms with van der Waals surface area (Å²) in [6.45, 7) is 0. The number of halogens is 3. The Bertz CT molecular complexity index is 846. The summed E-state index contributed by atoms with van der Waals surface area (Å²) in [6.07, 6.45) is -0.833. The van der Waals surface area contributed by atoms with Gasteiger partial charge in [0, 0.05) is 12.1 Å². The Morgan fingerprint density at radius 3 is 1.92 bits per heavy atom. The average molecular weight is 335 g/mol. The highest BCUT2D eigenvalue weighted by molar-refractivity contribution is 5.93. The maximum absolute atomic E-state index is 13.3. The molecule has 0 aromatic heterocycles. The van der Waals surface area contributed by atoms with E-state index in [1.165, 1.54) is 6.07 Å². The van der Waals surface area contributed by atoms with E-state index in [0.29, 0.717) is 6.07 Å². The Hall–Kier alpha value is -3.34. The molecule has 0 N–H and O–H groups in total. The van der Waals surface area contributed by atoms with Crippen LogP contribution in [0.1, 0.15) is 12.0 Å². The van der Waals surface area contributed by atoms with E-state index in [1.807, 2.05) is 0 Å². The number of benzene rings is 2. The molecule has 0 aliphatic carbocycles. The normalized spacial score (nSPS) is 9.92. The predicted octanol–water partition coefficient (Wildman–Crippen LogP) is 2.88. The van der Waals surface area contributed by atoms with Crippen molar-refractivity contribution in [3.8, 4) is 17.6 Å². The largest absolute Gasteiger partial charge is 0.426 e. The second kappa shape index (κ2) is 7.28. The fourth-order valence-corrected chi connectivity index (χ4v) is 1.64. The smallest absolute Gasteiger partial charge is 0.322 e. The molecule has 0 heterocycles. The number of nitrogens with zero attached hydrogens (tertiary/aromatic N) is 1. The molecule has 0 saturated carbocycles. The fraction of sp³-hybridized carbons (Fsp3) is 0.0625. The molecule has 0 amide bonds. The first-order chi connectivity index (χ1) is 11.4. The minimum absolute atomic E-state index is 0.197. The molecule has 2 aromatic carbocycles. The molecule has 8 heteroatoms. The summed E-state index contributed by atoms with van der Waals surface area (Å²) in [7, 11) is 0. The number of carbonyl (C=O) groups excluding carboxylic acids is 2. The monoisotopic (exact) mass is 335 g/mol. The molecule has 2 aromatic rings. The zero-order chi connectivity index (χ0) is 17.7. The Balaban J connectivity index is 1.94. The van der Waals surface area contributed by atoms with Crippen molar-refractivity contribution in [2.75, 3.05) is 0 Å². The molecule has 0 fully saturated rings. The topological polar surface area (TPSA) is 76.4 Å². The van der Waals surface area contributed by atoms with Gasteiger partial charge in [0.1, 0.15) is 29.8 Å². The molecular formula is C16H8F3NO4. The molecule has 0 aliphatic heterocycles. The lowest BCUT2D eigenvalue weighted by molar-refractivity contribution is -0.144. The fourth-order valence-electron chi connectivity index (χ4n) is 1.64. The Kier molecular flexibility index (Phi) is 5.16. The maximum atomic E-state index is 13.3. The summed E-state index contributed by atoms with van der Waals surface area (Å²) in [5.41, 5.74) is -0.229. The van der Waals surface area contributed by atoms with Gasteiger partial charge < -0.3 is 9.47 Å². The lowest BCUT2D eigenvalue weighted by atomic mass is 10.2. The summed E-state index contributed by atoms with van der Waals surface area (Å²) in [6, 6.07) is 7.12. The minimum atomic E-state index is -1.21. The van der Waals surface area contributed by atoms with Gasteiger partial charge in [-0.3, -0.25) is 9.59 Å². The zero-order valence-electron chi connectivity index (χ0n) is 11.9. The lowest BCUT2D eigenvalue weighted by Gasteiger charge is -2.06. The quantitative estimate of drug-likeness (QED) is 0.488. The van der Waals surface area contributed by atoms with E-state index in [-0.39, 0.29) is 17.1 Å². The molecule has 0 spiro atoms. The van der Waals surface area contributed by atoms with Crippen LogP contribution in [-0.4, -0.2) is 11.9 Å². The molecule has 5 nitrogen and oxygen atoms in total. The van der Waals surface area contributed by atoms with Gasteiger partial charge in [-0.05, 0) is 24.3 Å². The standard InChI is InChI=1S/C16H8F3NO4/c17-12-4-3-11(6-14(12)19)24-16(22)7-15(21)23-10-2-1-9(8-20)13(18)5-10/h1-6H,7H2. The van der Waals surface area contributed by atoms with Gasteiger partial charge in [0.15, 0.2) is 11.6 Å². The van der Waals surface area contributed by atoms with Crippen molar-refractivity contribution in [1.29, 1.82) is 5.26 Å². The van der Waals surface area contributed by atoms with Crippen LogP contribution in [0, 0.1) is 28.8 Å². The highest BCUT2D eigenvalue weighted by Gasteiger charge is 2.16. The van der Waals surface area contributed by atoms with E-state index in [9.17, 15) is 22.8 Å². The second-order valence-electron chi connectivity index (χ2n) is 4.45. The number of rotatable bonds is 4. The van der Waals surface area contributed by atoms with Crippen LogP contribution in [0.3, 0.4) is 0 Å². The Morgan fingerprint density at radius 1 is 0.875 bits per heavy atom. The molecule has 0 unspecified atom stereocenters. The number of hydrogen-bond donors (Lipinski definition) is 0. The third kappa shape index (κ3) is 4.33. The minimum Gasteiger partial charge on any atom is -0.426 e. The summed E-state index contributed by atoms with van der Waals surface area (Å²) in [4.78, 5) is 23.1. The predicted molar refractivity (Wildman–Crippen MR) is 73.4 cm³/mol. The van der Waals surface area contributed by atoms with Crippen LogP contribution in [0.2, 0.25) is 0 Å². The van der Waals surface area contributed by atoms with Crippen LogP contribution in [-0.2, 0) is 9.59 Å². The first kappa shape index (κ1) is 17.0. The molecule has 0 atom stereocenters. The van der Waals surface area contributed by atoms with E-state index in [0.717, 1.165) is 24.3 Å². The van der Waals surface area contributed by atoms with Crippen molar-refractivity contribution in [3.63, 3.8) is 0 Å². The highest BCUT2D eigenvalue weighted by Crippen LogP contribution is 2.18. The number of hydrogen-bond acceptors (Lipinski definition) is 5. The van der Waals surface area contributed by atoms with Gasteiger partial charge in [-0.25, -0.2) is 13.2 Å².